The number of furan rings is 1. The second kappa shape index (κ2) is 8.45. The topological polar surface area (TPSA) is 87.8 Å². The lowest BCUT2D eigenvalue weighted by molar-refractivity contribution is 0.0745. The van der Waals surface area contributed by atoms with Crippen LogP contribution < -0.4 is 14.5 Å². The molecule has 0 radical (unpaired) electrons. The van der Waals surface area contributed by atoms with Crippen molar-refractivity contribution in [2.24, 2.45) is 0 Å². The Kier molecular flexibility index (Phi) is 5.59. The molecule has 0 saturated carbocycles. The molecule has 2 aliphatic rings. The smallest absolute Gasteiger partial charge is 0.322 e. The van der Waals surface area contributed by atoms with Gasteiger partial charge in [-0.25, -0.2) is 0 Å². The Morgan fingerprint density at radius 2 is 1.57 bits per heavy atom. The van der Waals surface area contributed by atoms with E-state index in [4.69, 9.17) is 14.1 Å². The lowest BCUT2D eigenvalue weighted by atomic mass is 10.2. The first-order valence-electron chi connectivity index (χ1n) is 9.86. The van der Waals surface area contributed by atoms with Gasteiger partial charge >= 0.3 is 6.01 Å². The van der Waals surface area contributed by atoms with E-state index in [-0.39, 0.29) is 5.91 Å². The van der Waals surface area contributed by atoms with Crippen LogP contribution in [-0.2, 0) is 0 Å². The van der Waals surface area contributed by atoms with E-state index in [0.29, 0.717) is 49.6 Å². The molecule has 9 nitrogen and oxygen atoms in total. The second-order valence-electron chi connectivity index (χ2n) is 7.11. The average molecular weight is 386 g/mol. The largest absolute Gasteiger partial charge is 0.472 e. The van der Waals surface area contributed by atoms with Crippen molar-refractivity contribution < 1.29 is 13.9 Å². The molecule has 150 valence electrons. The van der Waals surface area contributed by atoms with Crippen LogP contribution in [0.15, 0.2) is 23.0 Å². The SMILES string of the molecule is COc1nc(N2CCCCCC2)nc(N2CCN(C(=O)c3ccoc3)CC2)n1. The number of hydrogen-bond donors (Lipinski definition) is 0. The summed E-state index contributed by atoms with van der Waals surface area (Å²) in [6, 6.07) is 2.03. The number of hydrogen-bond acceptors (Lipinski definition) is 8. The molecule has 0 aromatic carbocycles. The summed E-state index contributed by atoms with van der Waals surface area (Å²) in [5.74, 6) is 1.29. The van der Waals surface area contributed by atoms with E-state index in [9.17, 15) is 4.79 Å². The summed E-state index contributed by atoms with van der Waals surface area (Å²) in [4.78, 5) is 32.3. The molecule has 28 heavy (non-hydrogen) atoms. The van der Waals surface area contributed by atoms with Crippen LogP contribution in [0.2, 0.25) is 0 Å². The fraction of sp³-hybridized carbons (Fsp3) is 0.579. The Morgan fingerprint density at radius 3 is 2.14 bits per heavy atom. The number of amides is 1. The van der Waals surface area contributed by atoms with Gasteiger partial charge in [0.05, 0.1) is 18.9 Å². The standard InChI is InChI=1S/C19H26N6O3/c1-27-19-21-17(24-7-4-2-3-5-8-24)20-18(22-19)25-11-9-23(10-12-25)16(26)15-6-13-28-14-15/h6,13-14H,2-5,7-12H2,1H3. The molecule has 0 spiro atoms. The van der Waals surface area contributed by atoms with Gasteiger partial charge in [-0.05, 0) is 18.9 Å². The molecule has 2 fully saturated rings. The fourth-order valence-electron chi connectivity index (χ4n) is 3.66. The number of carbonyl (C=O) groups excluding carboxylic acids is 1. The van der Waals surface area contributed by atoms with Crippen LogP contribution in [0.5, 0.6) is 6.01 Å². The average Bonchev–Trinajstić information content (AvgIpc) is 3.15. The molecule has 4 heterocycles. The molecular formula is C19H26N6O3. The van der Waals surface area contributed by atoms with Gasteiger partial charge < -0.3 is 23.9 Å². The first-order chi connectivity index (χ1) is 13.7. The van der Waals surface area contributed by atoms with E-state index in [1.54, 1.807) is 13.2 Å². The molecule has 0 N–H and O–H groups in total. The number of carbonyl (C=O) groups is 1. The predicted octanol–water partition coefficient (Wildman–Crippen LogP) is 1.82. The van der Waals surface area contributed by atoms with Crippen molar-refractivity contribution >= 4 is 17.8 Å². The minimum atomic E-state index is -0.00752. The third-order valence-electron chi connectivity index (χ3n) is 5.28. The van der Waals surface area contributed by atoms with Crippen LogP contribution in [0.3, 0.4) is 0 Å². The summed E-state index contributed by atoms with van der Waals surface area (Å²) in [5, 5.41) is 0. The van der Waals surface area contributed by atoms with Crippen molar-refractivity contribution in [3.63, 3.8) is 0 Å². The maximum atomic E-state index is 12.5. The lowest BCUT2D eigenvalue weighted by Crippen LogP contribution is -2.49. The van der Waals surface area contributed by atoms with Crippen LogP contribution in [0.1, 0.15) is 36.0 Å². The third-order valence-corrected chi connectivity index (χ3v) is 5.28. The van der Waals surface area contributed by atoms with Gasteiger partial charge in [-0.2, -0.15) is 15.0 Å². The summed E-state index contributed by atoms with van der Waals surface area (Å²) in [5.41, 5.74) is 0.582. The summed E-state index contributed by atoms with van der Waals surface area (Å²) >= 11 is 0. The number of rotatable bonds is 4. The molecule has 0 atom stereocenters. The van der Waals surface area contributed by atoms with Gasteiger partial charge in [0.1, 0.15) is 6.26 Å². The van der Waals surface area contributed by atoms with Crippen LogP contribution in [0, 0.1) is 0 Å². The van der Waals surface area contributed by atoms with Crippen molar-refractivity contribution in [1.29, 1.82) is 0 Å². The van der Waals surface area contributed by atoms with Crippen molar-refractivity contribution in [2.45, 2.75) is 25.7 Å². The van der Waals surface area contributed by atoms with Crippen LogP contribution in [0.25, 0.3) is 0 Å². The highest BCUT2D eigenvalue weighted by molar-refractivity contribution is 5.94. The summed E-state index contributed by atoms with van der Waals surface area (Å²) < 4.78 is 10.3. The van der Waals surface area contributed by atoms with Gasteiger partial charge in [-0.15, -0.1) is 0 Å². The molecule has 1 amide bonds. The molecule has 0 aliphatic carbocycles. The normalized spacial score (nSPS) is 18.1. The molecule has 2 aromatic rings. The first kappa shape index (κ1) is 18.5. The Balaban J connectivity index is 1.46. The highest BCUT2D eigenvalue weighted by atomic mass is 16.5. The minimum Gasteiger partial charge on any atom is -0.472 e. The lowest BCUT2D eigenvalue weighted by Gasteiger charge is -2.34. The maximum absolute atomic E-state index is 12.5. The van der Waals surface area contributed by atoms with Crippen molar-refractivity contribution in [1.82, 2.24) is 19.9 Å². The predicted molar refractivity (Wildman–Crippen MR) is 104 cm³/mol. The second-order valence-corrected chi connectivity index (χ2v) is 7.11. The Labute approximate surface area is 164 Å². The van der Waals surface area contributed by atoms with Gasteiger partial charge in [-0.3, -0.25) is 4.79 Å². The molecule has 2 aliphatic heterocycles. The van der Waals surface area contributed by atoms with Crippen LogP contribution >= 0.6 is 0 Å². The molecular weight excluding hydrogens is 360 g/mol. The molecule has 2 aromatic heterocycles. The van der Waals surface area contributed by atoms with Gasteiger partial charge in [0, 0.05) is 39.3 Å². The molecule has 0 bridgehead atoms. The summed E-state index contributed by atoms with van der Waals surface area (Å²) in [7, 11) is 1.58. The number of methoxy groups -OCH3 is 1. The van der Waals surface area contributed by atoms with Crippen molar-refractivity contribution in [3.8, 4) is 6.01 Å². The van der Waals surface area contributed by atoms with Crippen molar-refractivity contribution in [2.75, 3.05) is 56.2 Å². The highest BCUT2D eigenvalue weighted by Crippen LogP contribution is 2.22. The quantitative estimate of drug-likeness (QED) is 0.786. The summed E-state index contributed by atoms with van der Waals surface area (Å²) in [6.45, 7) is 4.46. The molecule has 9 heteroatoms. The summed E-state index contributed by atoms with van der Waals surface area (Å²) in [6.07, 6.45) is 7.80. The molecule has 4 rings (SSSR count). The highest BCUT2D eigenvalue weighted by Gasteiger charge is 2.25. The van der Waals surface area contributed by atoms with Crippen molar-refractivity contribution in [3.05, 3.63) is 24.2 Å². The van der Waals surface area contributed by atoms with Crippen LogP contribution in [-0.4, -0.2) is 72.1 Å². The number of aromatic nitrogens is 3. The number of ether oxygens (including phenoxy) is 1. The van der Waals surface area contributed by atoms with Gasteiger partial charge in [0.2, 0.25) is 11.9 Å². The monoisotopic (exact) mass is 386 g/mol. The molecule has 2 saturated heterocycles. The first-order valence-corrected chi connectivity index (χ1v) is 9.86. The number of anilines is 2. The Hall–Kier alpha value is -2.84. The van der Waals surface area contributed by atoms with E-state index in [2.05, 4.69) is 19.8 Å². The van der Waals surface area contributed by atoms with E-state index >= 15 is 0 Å². The third kappa shape index (κ3) is 4.02. The van der Waals surface area contributed by atoms with Gasteiger partial charge in [-0.1, -0.05) is 12.8 Å². The van der Waals surface area contributed by atoms with E-state index in [1.165, 1.54) is 25.4 Å². The Bertz CT molecular complexity index is 781. The number of nitrogens with zero attached hydrogens (tertiary/aromatic N) is 6. The zero-order valence-corrected chi connectivity index (χ0v) is 16.2. The zero-order valence-electron chi connectivity index (χ0n) is 16.2. The minimum absolute atomic E-state index is 0.00752. The van der Waals surface area contributed by atoms with E-state index in [0.717, 1.165) is 25.9 Å². The zero-order chi connectivity index (χ0) is 19.3. The van der Waals surface area contributed by atoms with Gasteiger partial charge in [0.25, 0.3) is 5.91 Å². The van der Waals surface area contributed by atoms with Crippen LogP contribution in [0.4, 0.5) is 11.9 Å². The Morgan fingerprint density at radius 1 is 0.929 bits per heavy atom. The molecule has 0 unspecified atom stereocenters. The van der Waals surface area contributed by atoms with E-state index < -0.39 is 0 Å². The van der Waals surface area contributed by atoms with E-state index in [1.807, 2.05) is 4.90 Å². The number of piperazine rings is 1. The maximum Gasteiger partial charge on any atom is 0.322 e. The fourth-order valence-corrected chi connectivity index (χ4v) is 3.66. The van der Waals surface area contributed by atoms with Gasteiger partial charge in [0.15, 0.2) is 0 Å².